The van der Waals surface area contributed by atoms with Crippen molar-refractivity contribution in [3.05, 3.63) is 52.6 Å². The van der Waals surface area contributed by atoms with Crippen LogP contribution < -0.4 is 5.01 Å². The minimum absolute atomic E-state index is 0.00906. The predicted octanol–water partition coefficient (Wildman–Crippen LogP) is 4.92. The SMILES string of the molecule is N#CC1=NN(c2cc(C(F)(F)F)nc(C(F)(F)F)c2)C(O)C1C(O)c1cc(C(F)(F)F)nc(C(F)(F)F)c1. The van der Waals surface area contributed by atoms with Crippen molar-refractivity contribution in [1.29, 1.82) is 5.26 Å². The molecule has 0 radical (unpaired) electrons. The summed E-state index contributed by atoms with van der Waals surface area (Å²) in [5.74, 6) is -2.22. The number of aromatic nitrogens is 2. The summed E-state index contributed by atoms with van der Waals surface area (Å²) in [6, 6.07) is 1.14. The molecule has 7 nitrogen and oxygen atoms in total. The van der Waals surface area contributed by atoms with Crippen LogP contribution >= 0.6 is 0 Å². The maximum Gasteiger partial charge on any atom is 0.433 e. The molecular weight excluding hydrogens is 558 g/mol. The summed E-state index contributed by atoms with van der Waals surface area (Å²) >= 11 is 0. The topological polar surface area (TPSA) is 106 Å². The molecule has 3 heterocycles. The van der Waals surface area contributed by atoms with Crippen molar-refractivity contribution in [1.82, 2.24) is 9.97 Å². The Kier molecular flexibility index (Phi) is 7.05. The third-order valence-electron chi connectivity index (χ3n) is 4.98. The fraction of sp³-hybridized carbons (Fsp3) is 0.368. The fourth-order valence-corrected chi connectivity index (χ4v) is 3.31. The molecule has 19 heteroatoms. The van der Waals surface area contributed by atoms with Crippen LogP contribution in [0.25, 0.3) is 0 Å². The molecule has 0 aromatic carbocycles. The van der Waals surface area contributed by atoms with E-state index in [0.717, 1.165) is 0 Å². The summed E-state index contributed by atoms with van der Waals surface area (Å²) in [6.07, 6.45) is -26.9. The van der Waals surface area contributed by atoms with Crippen LogP contribution in [-0.4, -0.2) is 32.1 Å². The van der Waals surface area contributed by atoms with Crippen molar-refractivity contribution in [2.75, 3.05) is 5.01 Å². The van der Waals surface area contributed by atoms with Crippen LogP contribution in [0, 0.1) is 17.2 Å². The highest BCUT2D eigenvalue weighted by Crippen LogP contribution is 2.41. The third-order valence-corrected chi connectivity index (χ3v) is 4.98. The molecule has 0 saturated carbocycles. The summed E-state index contributed by atoms with van der Waals surface area (Å²) in [5.41, 5.74) is -11.8. The molecule has 0 saturated heterocycles. The van der Waals surface area contributed by atoms with E-state index >= 15 is 0 Å². The Hall–Kier alpha value is -3.66. The number of nitriles is 1. The van der Waals surface area contributed by atoms with Gasteiger partial charge >= 0.3 is 24.7 Å². The largest absolute Gasteiger partial charge is 0.433 e. The zero-order valence-electron chi connectivity index (χ0n) is 17.7. The van der Waals surface area contributed by atoms with Gasteiger partial charge in [-0.15, -0.1) is 0 Å². The van der Waals surface area contributed by atoms with Gasteiger partial charge in [-0.1, -0.05) is 0 Å². The smallest absolute Gasteiger partial charge is 0.387 e. The Bertz CT molecular complexity index is 1230. The van der Waals surface area contributed by atoms with Crippen molar-refractivity contribution >= 4 is 11.4 Å². The lowest BCUT2D eigenvalue weighted by atomic mass is 9.90. The first kappa shape index (κ1) is 28.9. The monoisotopic (exact) mass is 567 g/mol. The maximum atomic E-state index is 13.1. The molecule has 0 fully saturated rings. The highest BCUT2D eigenvalue weighted by molar-refractivity contribution is 6.03. The molecule has 0 bridgehead atoms. The fourth-order valence-electron chi connectivity index (χ4n) is 3.31. The van der Waals surface area contributed by atoms with Gasteiger partial charge < -0.3 is 10.2 Å². The second-order valence-corrected chi connectivity index (χ2v) is 7.58. The van der Waals surface area contributed by atoms with Crippen LogP contribution in [0.3, 0.4) is 0 Å². The lowest BCUT2D eigenvalue weighted by Crippen LogP contribution is -2.37. The molecule has 3 unspecified atom stereocenters. The number of alkyl halides is 12. The van der Waals surface area contributed by atoms with Gasteiger partial charge in [0.2, 0.25) is 0 Å². The normalized spacial score (nSPS) is 19.8. The molecule has 3 rings (SSSR count). The summed E-state index contributed by atoms with van der Waals surface area (Å²) in [4.78, 5) is 4.86. The molecule has 1 aliphatic rings. The predicted molar refractivity (Wildman–Crippen MR) is 98.5 cm³/mol. The Labute approximate surface area is 202 Å². The van der Waals surface area contributed by atoms with Crippen LogP contribution in [0.1, 0.15) is 34.4 Å². The zero-order chi connectivity index (χ0) is 29.0. The molecule has 2 aromatic rings. The van der Waals surface area contributed by atoms with E-state index in [0.29, 0.717) is 0 Å². The Morgan fingerprint density at radius 1 is 0.737 bits per heavy atom. The summed E-state index contributed by atoms with van der Waals surface area (Å²) in [5, 5.41) is 33.7. The first-order valence-electron chi connectivity index (χ1n) is 9.61. The van der Waals surface area contributed by atoms with Crippen LogP contribution in [-0.2, 0) is 24.7 Å². The summed E-state index contributed by atoms with van der Waals surface area (Å²) in [7, 11) is 0. The van der Waals surface area contributed by atoms with Gasteiger partial charge in [0.25, 0.3) is 0 Å². The van der Waals surface area contributed by atoms with E-state index in [2.05, 4.69) is 15.1 Å². The molecular formula is C19H9F12N5O2. The highest BCUT2D eigenvalue weighted by atomic mass is 19.4. The number of nitrogens with zero attached hydrogens (tertiary/aromatic N) is 5. The number of anilines is 1. The minimum atomic E-state index is -5.46. The Morgan fingerprint density at radius 2 is 1.11 bits per heavy atom. The maximum absolute atomic E-state index is 13.1. The van der Waals surface area contributed by atoms with Crippen LogP contribution in [0.15, 0.2) is 29.4 Å². The van der Waals surface area contributed by atoms with E-state index in [9.17, 15) is 68.2 Å². The van der Waals surface area contributed by atoms with Gasteiger partial charge in [-0.25, -0.2) is 15.0 Å². The molecule has 2 N–H and O–H groups in total. The van der Waals surface area contributed by atoms with Crippen LogP contribution in [0.5, 0.6) is 0 Å². The molecule has 38 heavy (non-hydrogen) atoms. The molecule has 3 atom stereocenters. The van der Waals surface area contributed by atoms with Gasteiger partial charge in [0, 0.05) is 0 Å². The van der Waals surface area contributed by atoms with Crippen LogP contribution in [0.4, 0.5) is 58.4 Å². The number of rotatable bonds is 3. The average Bonchev–Trinajstić information content (AvgIpc) is 3.11. The Balaban J connectivity index is 2.12. The van der Waals surface area contributed by atoms with Crippen molar-refractivity contribution in [3.63, 3.8) is 0 Å². The number of aliphatic hydroxyl groups is 2. The third kappa shape index (κ3) is 5.75. The first-order chi connectivity index (χ1) is 17.1. The second-order valence-electron chi connectivity index (χ2n) is 7.58. The molecule has 206 valence electrons. The number of pyridine rings is 2. The lowest BCUT2D eigenvalue weighted by Gasteiger charge is -2.27. The number of aliphatic hydroxyl groups excluding tert-OH is 2. The Morgan fingerprint density at radius 3 is 1.45 bits per heavy atom. The van der Waals surface area contributed by atoms with Crippen LogP contribution in [0.2, 0.25) is 0 Å². The van der Waals surface area contributed by atoms with Crippen molar-refractivity contribution in [2.24, 2.45) is 11.0 Å². The van der Waals surface area contributed by atoms with Gasteiger partial charge in [-0.05, 0) is 29.8 Å². The molecule has 2 aromatic heterocycles. The number of hydrogen-bond donors (Lipinski definition) is 2. The van der Waals surface area contributed by atoms with E-state index in [1.54, 1.807) is 0 Å². The van der Waals surface area contributed by atoms with Gasteiger partial charge in [0.15, 0.2) is 6.23 Å². The number of halogens is 12. The van der Waals surface area contributed by atoms with E-state index < -0.39 is 82.7 Å². The number of hydrazone groups is 1. The second kappa shape index (κ2) is 9.27. The van der Waals surface area contributed by atoms with E-state index in [4.69, 9.17) is 0 Å². The lowest BCUT2D eigenvalue weighted by molar-refractivity contribution is -0.151. The highest BCUT2D eigenvalue weighted by Gasteiger charge is 2.46. The van der Waals surface area contributed by atoms with E-state index in [-0.39, 0.29) is 29.3 Å². The standard InChI is InChI=1S/C19H9F12N5O2/c20-16(21,22)9-1-6(2-10(33-9)17(23,24)25)14(37)13-8(5-32)35-36(15(13)38)7-3-11(18(26,27)28)34-12(4-7)19(29,30)31/h1-4,13-15,37-38H. The van der Waals surface area contributed by atoms with E-state index in [1.807, 2.05) is 0 Å². The molecule has 0 spiro atoms. The van der Waals surface area contributed by atoms with Crippen molar-refractivity contribution < 1.29 is 62.9 Å². The minimum Gasteiger partial charge on any atom is -0.387 e. The molecule has 0 amide bonds. The quantitative estimate of drug-likeness (QED) is 0.511. The summed E-state index contributed by atoms with van der Waals surface area (Å²) < 4.78 is 157. The van der Waals surface area contributed by atoms with E-state index in [1.165, 1.54) is 6.07 Å². The van der Waals surface area contributed by atoms with Gasteiger partial charge in [0.1, 0.15) is 34.6 Å². The number of hydrogen-bond acceptors (Lipinski definition) is 7. The molecule has 0 aliphatic carbocycles. The van der Waals surface area contributed by atoms with Crippen molar-refractivity contribution in [2.45, 2.75) is 37.0 Å². The zero-order valence-corrected chi connectivity index (χ0v) is 17.7. The van der Waals surface area contributed by atoms with Crippen molar-refractivity contribution in [3.8, 4) is 6.07 Å². The molecule has 1 aliphatic heterocycles. The average molecular weight is 567 g/mol. The van der Waals surface area contributed by atoms with Gasteiger partial charge in [-0.2, -0.15) is 63.0 Å². The van der Waals surface area contributed by atoms with Gasteiger partial charge in [-0.3, -0.25) is 0 Å². The first-order valence-corrected chi connectivity index (χ1v) is 9.61. The van der Waals surface area contributed by atoms with Gasteiger partial charge in [0.05, 0.1) is 17.7 Å². The summed E-state index contributed by atoms with van der Waals surface area (Å²) in [6.45, 7) is 0.